The second kappa shape index (κ2) is 7.20. The van der Waals surface area contributed by atoms with E-state index in [4.69, 9.17) is 5.10 Å². The van der Waals surface area contributed by atoms with Crippen LogP contribution in [-0.2, 0) is 0 Å². The second-order valence-electron chi connectivity index (χ2n) is 6.69. The number of alkyl halides is 3. The van der Waals surface area contributed by atoms with Gasteiger partial charge in [0.15, 0.2) is 0 Å². The van der Waals surface area contributed by atoms with Gasteiger partial charge in [0.1, 0.15) is 5.75 Å². The Morgan fingerprint density at radius 3 is 2.66 bits per heavy atom. The standard InChI is InChI=1S/C21H17F3N4O/c1-13-10-16(6-9-26-13)28-19-12-25-8-7-18(19)20(27-28)14(2)15-4-3-5-17(11-15)29-21(22,23)24/h3-12,14H,1-2H3. The fourth-order valence-electron chi connectivity index (χ4n) is 3.30. The molecule has 1 unspecified atom stereocenters. The fourth-order valence-corrected chi connectivity index (χ4v) is 3.30. The molecule has 4 rings (SSSR count). The van der Waals surface area contributed by atoms with Crippen molar-refractivity contribution in [2.45, 2.75) is 26.1 Å². The van der Waals surface area contributed by atoms with E-state index in [0.29, 0.717) is 5.56 Å². The van der Waals surface area contributed by atoms with E-state index in [2.05, 4.69) is 14.7 Å². The molecule has 4 aromatic rings. The highest BCUT2D eigenvalue weighted by molar-refractivity contribution is 5.83. The number of ether oxygens (including phenoxy) is 1. The first-order chi connectivity index (χ1) is 13.8. The summed E-state index contributed by atoms with van der Waals surface area (Å²) in [6.45, 7) is 3.79. The number of benzene rings is 1. The third kappa shape index (κ3) is 3.91. The summed E-state index contributed by atoms with van der Waals surface area (Å²) in [7, 11) is 0. The van der Waals surface area contributed by atoms with Crippen molar-refractivity contribution in [1.82, 2.24) is 19.7 Å². The lowest BCUT2D eigenvalue weighted by Crippen LogP contribution is -2.17. The molecule has 1 aromatic carbocycles. The predicted molar refractivity (Wildman–Crippen MR) is 102 cm³/mol. The largest absolute Gasteiger partial charge is 0.573 e. The number of aromatic nitrogens is 4. The van der Waals surface area contributed by atoms with Crippen molar-refractivity contribution in [3.63, 3.8) is 0 Å². The van der Waals surface area contributed by atoms with Crippen molar-refractivity contribution in [2.75, 3.05) is 0 Å². The molecule has 0 amide bonds. The average molecular weight is 398 g/mol. The highest BCUT2D eigenvalue weighted by Crippen LogP contribution is 2.33. The maximum atomic E-state index is 12.6. The number of pyridine rings is 2. The molecule has 0 fully saturated rings. The quantitative estimate of drug-likeness (QED) is 0.476. The van der Waals surface area contributed by atoms with Crippen molar-refractivity contribution in [2.24, 2.45) is 0 Å². The van der Waals surface area contributed by atoms with Crippen LogP contribution in [0.2, 0.25) is 0 Å². The van der Waals surface area contributed by atoms with Gasteiger partial charge in [-0.15, -0.1) is 13.2 Å². The summed E-state index contributed by atoms with van der Waals surface area (Å²) in [5.74, 6) is -0.516. The Labute approximate surface area is 164 Å². The summed E-state index contributed by atoms with van der Waals surface area (Å²) in [6.07, 6.45) is 0.361. The molecule has 0 saturated heterocycles. The number of hydrogen-bond donors (Lipinski definition) is 0. The van der Waals surface area contributed by atoms with Gasteiger partial charge in [0.05, 0.1) is 23.1 Å². The van der Waals surface area contributed by atoms with Crippen LogP contribution >= 0.6 is 0 Å². The van der Waals surface area contributed by atoms with E-state index in [9.17, 15) is 13.2 Å². The molecule has 0 saturated carbocycles. The van der Waals surface area contributed by atoms with Crippen LogP contribution in [0, 0.1) is 6.92 Å². The van der Waals surface area contributed by atoms with Gasteiger partial charge in [0.25, 0.3) is 0 Å². The van der Waals surface area contributed by atoms with Gasteiger partial charge >= 0.3 is 6.36 Å². The first-order valence-corrected chi connectivity index (χ1v) is 8.93. The Morgan fingerprint density at radius 2 is 1.90 bits per heavy atom. The van der Waals surface area contributed by atoms with Gasteiger partial charge in [0.2, 0.25) is 0 Å². The molecule has 3 aromatic heterocycles. The van der Waals surface area contributed by atoms with Crippen LogP contribution in [0.1, 0.15) is 29.8 Å². The molecular formula is C21H17F3N4O. The topological polar surface area (TPSA) is 52.8 Å². The molecule has 0 bridgehead atoms. The van der Waals surface area contributed by atoms with Gasteiger partial charge in [-0.05, 0) is 42.8 Å². The molecule has 1 atom stereocenters. The second-order valence-corrected chi connectivity index (χ2v) is 6.69. The average Bonchev–Trinajstić information content (AvgIpc) is 3.06. The Kier molecular flexibility index (Phi) is 4.70. The zero-order chi connectivity index (χ0) is 20.6. The van der Waals surface area contributed by atoms with E-state index in [1.165, 1.54) is 12.1 Å². The first-order valence-electron chi connectivity index (χ1n) is 8.93. The molecule has 3 heterocycles. The van der Waals surface area contributed by atoms with Gasteiger partial charge in [-0.3, -0.25) is 9.97 Å². The Hall–Kier alpha value is -3.42. The number of rotatable bonds is 4. The van der Waals surface area contributed by atoms with E-state index in [1.807, 2.05) is 32.0 Å². The van der Waals surface area contributed by atoms with Gasteiger partial charge in [-0.1, -0.05) is 19.1 Å². The van der Waals surface area contributed by atoms with Crippen molar-refractivity contribution in [3.05, 3.63) is 78.0 Å². The summed E-state index contributed by atoms with van der Waals surface area (Å²) < 4.78 is 43.6. The summed E-state index contributed by atoms with van der Waals surface area (Å²) in [4.78, 5) is 8.41. The van der Waals surface area contributed by atoms with E-state index >= 15 is 0 Å². The Balaban J connectivity index is 1.80. The van der Waals surface area contributed by atoms with Crippen molar-refractivity contribution < 1.29 is 17.9 Å². The van der Waals surface area contributed by atoms with Crippen LogP contribution in [0.4, 0.5) is 13.2 Å². The molecule has 5 nitrogen and oxygen atoms in total. The molecular weight excluding hydrogens is 381 g/mol. The molecule has 0 radical (unpaired) electrons. The molecule has 0 aliphatic heterocycles. The third-order valence-corrected chi connectivity index (χ3v) is 4.64. The van der Waals surface area contributed by atoms with Crippen molar-refractivity contribution >= 4 is 10.9 Å². The highest BCUT2D eigenvalue weighted by Gasteiger charge is 2.31. The number of fused-ring (bicyclic) bond motifs is 1. The Bertz CT molecular complexity index is 1170. The molecule has 0 aliphatic rings. The number of halogens is 3. The van der Waals surface area contributed by atoms with Crippen molar-refractivity contribution in [3.8, 4) is 11.4 Å². The van der Waals surface area contributed by atoms with Crippen LogP contribution in [0.15, 0.2) is 61.1 Å². The lowest BCUT2D eigenvalue weighted by atomic mass is 9.96. The van der Waals surface area contributed by atoms with E-state index in [-0.39, 0.29) is 11.7 Å². The minimum atomic E-state index is -4.74. The zero-order valence-electron chi connectivity index (χ0n) is 15.7. The van der Waals surface area contributed by atoms with Gasteiger partial charge < -0.3 is 4.74 Å². The maximum absolute atomic E-state index is 12.6. The lowest BCUT2D eigenvalue weighted by molar-refractivity contribution is -0.274. The lowest BCUT2D eigenvalue weighted by Gasteiger charge is -2.13. The van der Waals surface area contributed by atoms with Crippen LogP contribution in [-0.4, -0.2) is 26.1 Å². The van der Waals surface area contributed by atoms with Gasteiger partial charge in [-0.25, -0.2) is 4.68 Å². The molecule has 29 heavy (non-hydrogen) atoms. The maximum Gasteiger partial charge on any atom is 0.573 e. The van der Waals surface area contributed by atoms with Crippen LogP contribution in [0.5, 0.6) is 5.75 Å². The number of hydrogen-bond acceptors (Lipinski definition) is 4. The Morgan fingerprint density at radius 1 is 1.07 bits per heavy atom. The summed E-state index contributed by atoms with van der Waals surface area (Å²) in [5, 5.41) is 5.65. The first kappa shape index (κ1) is 18.9. The highest BCUT2D eigenvalue weighted by atomic mass is 19.4. The smallest absolute Gasteiger partial charge is 0.406 e. The monoisotopic (exact) mass is 398 g/mol. The fraction of sp³-hybridized carbons (Fsp3) is 0.190. The predicted octanol–water partition coefficient (Wildman–Crippen LogP) is 5.17. The molecule has 0 aliphatic carbocycles. The summed E-state index contributed by atoms with van der Waals surface area (Å²) in [5.41, 5.74) is 3.90. The van der Waals surface area contributed by atoms with E-state index < -0.39 is 6.36 Å². The molecule has 8 heteroatoms. The SMILES string of the molecule is Cc1cc(-n2nc(C(C)c3cccc(OC(F)(F)F)c3)c3ccncc32)ccn1. The minimum Gasteiger partial charge on any atom is -0.406 e. The van der Waals surface area contributed by atoms with Crippen molar-refractivity contribution in [1.29, 1.82) is 0 Å². The van der Waals surface area contributed by atoms with Crippen LogP contribution in [0.25, 0.3) is 16.6 Å². The molecule has 0 N–H and O–H groups in total. The van der Waals surface area contributed by atoms with Crippen LogP contribution < -0.4 is 4.74 Å². The normalized spacial score (nSPS) is 12.9. The third-order valence-electron chi connectivity index (χ3n) is 4.64. The van der Waals surface area contributed by atoms with E-state index in [0.717, 1.165) is 28.0 Å². The van der Waals surface area contributed by atoms with Crippen LogP contribution in [0.3, 0.4) is 0 Å². The number of nitrogens with zero attached hydrogens (tertiary/aromatic N) is 4. The zero-order valence-corrected chi connectivity index (χ0v) is 15.7. The molecule has 0 spiro atoms. The number of aryl methyl sites for hydroxylation is 1. The minimum absolute atomic E-state index is 0.253. The molecule has 148 valence electrons. The summed E-state index contributed by atoms with van der Waals surface area (Å²) in [6, 6.07) is 11.6. The summed E-state index contributed by atoms with van der Waals surface area (Å²) >= 11 is 0. The van der Waals surface area contributed by atoms with E-state index in [1.54, 1.807) is 35.4 Å². The van der Waals surface area contributed by atoms with Gasteiger partial charge in [0, 0.05) is 29.4 Å². The van der Waals surface area contributed by atoms with Gasteiger partial charge in [-0.2, -0.15) is 5.10 Å².